The number of aliphatic carboxylic acids is 1. The number of carboxylic acids is 1. The molecule has 1 atom stereocenters. The zero-order chi connectivity index (χ0) is 18.6. The molecule has 0 aromatic heterocycles. The Morgan fingerprint density at radius 2 is 1.24 bits per heavy atom. The molecule has 0 aliphatic rings. The minimum absolute atomic E-state index is 0.190. The van der Waals surface area contributed by atoms with Crippen molar-refractivity contribution in [2.24, 2.45) is 0 Å². The van der Waals surface area contributed by atoms with E-state index in [9.17, 15) is 9.90 Å². The third kappa shape index (κ3) is 21.1. The Hall–Kier alpha value is -0.830. The maximum atomic E-state index is 10.4. The second-order valence-electron chi connectivity index (χ2n) is 7.31. The lowest BCUT2D eigenvalue weighted by Crippen LogP contribution is -2.06. The van der Waals surface area contributed by atoms with Gasteiger partial charge in [-0.15, -0.1) is 0 Å². The molecule has 3 nitrogen and oxygen atoms in total. The van der Waals surface area contributed by atoms with Crippen molar-refractivity contribution < 1.29 is 15.0 Å². The predicted octanol–water partition coefficient (Wildman–Crippen LogP) is 6.64. The lowest BCUT2D eigenvalue weighted by Gasteiger charge is -2.10. The largest absolute Gasteiger partial charge is 0.481 e. The molecule has 0 radical (unpaired) electrons. The Morgan fingerprint density at radius 1 is 0.760 bits per heavy atom. The van der Waals surface area contributed by atoms with Gasteiger partial charge in [0.05, 0.1) is 6.10 Å². The summed E-state index contributed by atoms with van der Waals surface area (Å²) in [6.45, 7) is 2.24. The minimum Gasteiger partial charge on any atom is -0.481 e. The van der Waals surface area contributed by atoms with Crippen LogP contribution in [0, 0.1) is 0 Å². The molecular weight excluding hydrogens is 312 g/mol. The number of carboxylic acid groups (broad SMARTS) is 1. The summed E-state index contributed by atoms with van der Waals surface area (Å²) in [6, 6.07) is 0. The molecule has 0 aromatic carbocycles. The Morgan fingerprint density at radius 3 is 1.80 bits per heavy atom. The molecule has 0 aliphatic carbocycles. The standard InChI is InChI=1S/C22H42O3/c1-2-3-4-5-6-7-8-9-10-11-12-13-15-18-21(23)19-16-14-17-20-22(24)25/h5-6,21,23H,2-4,7-20H2,1H3,(H,24,25)/b6-5-. The van der Waals surface area contributed by atoms with Gasteiger partial charge in [0, 0.05) is 6.42 Å². The zero-order valence-electron chi connectivity index (χ0n) is 16.6. The summed E-state index contributed by atoms with van der Waals surface area (Å²) in [5.74, 6) is -0.719. The van der Waals surface area contributed by atoms with Crippen molar-refractivity contribution in [2.75, 3.05) is 0 Å². The number of aliphatic hydroxyl groups excluding tert-OH is 1. The predicted molar refractivity (Wildman–Crippen MR) is 107 cm³/mol. The first kappa shape index (κ1) is 24.2. The molecule has 0 bridgehead atoms. The third-order valence-corrected chi connectivity index (χ3v) is 4.73. The van der Waals surface area contributed by atoms with E-state index >= 15 is 0 Å². The molecule has 0 heterocycles. The van der Waals surface area contributed by atoms with E-state index in [1.54, 1.807) is 0 Å². The molecule has 25 heavy (non-hydrogen) atoms. The summed E-state index contributed by atoms with van der Waals surface area (Å²) in [6.07, 6.45) is 23.1. The number of aliphatic hydroxyl groups is 1. The number of unbranched alkanes of at least 4 members (excludes halogenated alkanes) is 11. The summed E-state index contributed by atoms with van der Waals surface area (Å²) >= 11 is 0. The number of hydrogen-bond donors (Lipinski definition) is 2. The summed E-state index contributed by atoms with van der Waals surface area (Å²) in [5.41, 5.74) is 0. The second kappa shape index (κ2) is 19.5. The monoisotopic (exact) mass is 354 g/mol. The maximum Gasteiger partial charge on any atom is 0.303 e. The smallest absolute Gasteiger partial charge is 0.303 e. The van der Waals surface area contributed by atoms with Gasteiger partial charge in [0.15, 0.2) is 0 Å². The molecule has 0 aliphatic heterocycles. The zero-order valence-corrected chi connectivity index (χ0v) is 16.6. The molecule has 1 unspecified atom stereocenters. The number of allylic oxidation sites excluding steroid dienone is 2. The van der Waals surface area contributed by atoms with Crippen LogP contribution in [-0.4, -0.2) is 22.3 Å². The molecule has 2 N–H and O–H groups in total. The molecular formula is C22H42O3. The van der Waals surface area contributed by atoms with Gasteiger partial charge in [0.2, 0.25) is 0 Å². The van der Waals surface area contributed by atoms with Gasteiger partial charge < -0.3 is 10.2 Å². The molecule has 0 fully saturated rings. The van der Waals surface area contributed by atoms with Crippen molar-refractivity contribution in [3.8, 4) is 0 Å². The molecule has 0 aromatic rings. The van der Waals surface area contributed by atoms with Gasteiger partial charge in [0.25, 0.3) is 0 Å². The van der Waals surface area contributed by atoms with Crippen LogP contribution in [0.25, 0.3) is 0 Å². The molecule has 0 saturated carbocycles. The number of hydrogen-bond acceptors (Lipinski definition) is 2. The number of carbonyl (C=O) groups is 1. The van der Waals surface area contributed by atoms with Gasteiger partial charge >= 0.3 is 5.97 Å². The fraction of sp³-hybridized carbons (Fsp3) is 0.864. The van der Waals surface area contributed by atoms with Gasteiger partial charge in [-0.2, -0.15) is 0 Å². The van der Waals surface area contributed by atoms with Gasteiger partial charge in [-0.3, -0.25) is 4.79 Å². The summed E-state index contributed by atoms with van der Waals surface area (Å²) < 4.78 is 0. The highest BCUT2D eigenvalue weighted by Crippen LogP contribution is 2.14. The Bertz CT molecular complexity index is 312. The molecule has 0 amide bonds. The minimum atomic E-state index is -0.719. The van der Waals surface area contributed by atoms with E-state index in [0.717, 1.165) is 38.5 Å². The first-order valence-electron chi connectivity index (χ1n) is 10.7. The average molecular weight is 355 g/mol. The highest BCUT2D eigenvalue weighted by atomic mass is 16.4. The van der Waals surface area contributed by atoms with Crippen LogP contribution < -0.4 is 0 Å². The normalized spacial score (nSPS) is 12.7. The van der Waals surface area contributed by atoms with Gasteiger partial charge in [0.1, 0.15) is 0 Å². The van der Waals surface area contributed by atoms with Crippen molar-refractivity contribution in [2.45, 2.75) is 122 Å². The van der Waals surface area contributed by atoms with E-state index in [1.807, 2.05) is 0 Å². The molecule has 0 saturated heterocycles. The molecule has 148 valence electrons. The Balaban J connectivity index is 3.19. The first-order valence-corrected chi connectivity index (χ1v) is 10.7. The number of rotatable bonds is 19. The van der Waals surface area contributed by atoms with Crippen LogP contribution in [0.3, 0.4) is 0 Å². The first-order chi connectivity index (χ1) is 12.2. The van der Waals surface area contributed by atoms with Crippen LogP contribution in [0.2, 0.25) is 0 Å². The van der Waals surface area contributed by atoms with Crippen LogP contribution in [0.1, 0.15) is 116 Å². The second-order valence-corrected chi connectivity index (χ2v) is 7.31. The van der Waals surface area contributed by atoms with Crippen molar-refractivity contribution in [1.82, 2.24) is 0 Å². The maximum absolute atomic E-state index is 10.4. The van der Waals surface area contributed by atoms with E-state index in [4.69, 9.17) is 5.11 Å². The van der Waals surface area contributed by atoms with E-state index in [-0.39, 0.29) is 12.5 Å². The lowest BCUT2D eigenvalue weighted by molar-refractivity contribution is -0.137. The SMILES string of the molecule is CCCC/C=C\CCCCCCCCCC(O)CCCCCC(=O)O. The van der Waals surface area contributed by atoms with Crippen LogP contribution >= 0.6 is 0 Å². The van der Waals surface area contributed by atoms with Crippen LogP contribution in [0.5, 0.6) is 0 Å². The van der Waals surface area contributed by atoms with Crippen molar-refractivity contribution in [3.63, 3.8) is 0 Å². The highest BCUT2D eigenvalue weighted by molar-refractivity contribution is 5.66. The van der Waals surface area contributed by atoms with Crippen LogP contribution in [-0.2, 0) is 4.79 Å². The topological polar surface area (TPSA) is 57.5 Å². The molecule has 3 heteroatoms. The van der Waals surface area contributed by atoms with Gasteiger partial charge in [-0.25, -0.2) is 0 Å². The molecule has 0 rings (SSSR count). The van der Waals surface area contributed by atoms with E-state index in [1.165, 1.54) is 64.2 Å². The van der Waals surface area contributed by atoms with Crippen molar-refractivity contribution in [1.29, 1.82) is 0 Å². The average Bonchev–Trinajstić information content (AvgIpc) is 2.58. The summed E-state index contributed by atoms with van der Waals surface area (Å²) in [4.78, 5) is 10.4. The highest BCUT2D eigenvalue weighted by Gasteiger charge is 2.04. The Labute approximate surface area is 155 Å². The fourth-order valence-corrected chi connectivity index (χ4v) is 3.06. The quantitative estimate of drug-likeness (QED) is 0.202. The Kier molecular flexibility index (Phi) is 18.8. The van der Waals surface area contributed by atoms with Gasteiger partial charge in [-0.05, 0) is 38.5 Å². The van der Waals surface area contributed by atoms with Crippen LogP contribution in [0.15, 0.2) is 12.2 Å². The lowest BCUT2D eigenvalue weighted by atomic mass is 10.0. The van der Waals surface area contributed by atoms with Crippen molar-refractivity contribution >= 4 is 5.97 Å². The van der Waals surface area contributed by atoms with E-state index < -0.39 is 5.97 Å². The van der Waals surface area contributed by atoms with E-state index in [2.05, 4.69) is 19.1 Å². The van der Waals surface area contributed by atoms with Gasteiger partial charge in [-0.1, -0.05) is 83.3 Å². The molecule has 0 spiro atoms. The summed E-state index contributed by atoms with van der Waals surface area (Å²) in [5, 5.41) is 18.5. The summed E-state index contributed by atoms with van der Waals surface area (Å²) in [7, 11) is 0. The third-order valence-electron chi connectivity index (χ3n) is 4.73. The van der Waals surface area contributed by atoms with Crippen LogP contribution in [0.4, 0.5) is 0 Å². The van der Waals surface area contributed by atoms with E-state index in [0.29, 0.717) is 0 Å². The van der Waals surface area contributed by atoms with Crippen molar-refractivity contribution in [3.05, 3.63) is 12.2 Å². The fourth-order valence-electron chi connectivity index (χ4n) is 3.06.